The van der Waals surface area contributed by atoms with E-state index in [-0.39, 0.29) is 0 Å². The first-order chi connectivity index (χ1) is 8.40. The molecule has 1 atom stereocenters. The van der Waals surface area contributed by atoms with Crippen LogP contribution in [0.15, 0.2) is 22.8 Å². The van der Waals surface area contributed by atoms with E-state index in [4.69, 9.17) is 4.42 Å². The molecule has 96 valence electrons. The summed E-state index contributed by atoms with van der Waals surface area (Å²) in [4.78, 5) is 2.54. The molecule has 1 aromatic rings. The minimum atomic E-state index is 0.365. The van der Waals surface area contributed by atoms with Gasteiger partial charge in [-0.15, -0.1) is 0 Å². The lowest BCUT2D eigenvalue weighted by Crippen LogP contribution is -2.38. The minimum Gasteiger partial charge on any atom is -0.468 e. The van der Waals surface area contributed by atoms with Crippen LogP contribution in [0.5, 0.6) is 0 Å². The zero-order valence-corrected chi connectivity index (χ0v) is 11.3. The standard InChI is InChI=1S/C13H22N2OS/c1-2-12(13-4-3-9-16-13)14-5-6-15-7-10-17-11-8-15/h3-4,9,12,14H,2,5-8,10-11H2,1H3. The van der Waals surface area contributed by atoms with E-state index in [0.717, 1.165) is 25.3 Å². The number of thioether (sulfide) groups is 1. The maximum Gasteiger partial charge on any atom is 0.120 e. The summed E-state index contributed by atoms with van der Waals surface area (Å²) < 4.78 is 5.45. The van der Waals surface area contributed by atoms with Gasteiger partial charge in [0.05, 0.1) is 12.3 Å². The Morgan fingerprint density at radius 3 is 2.94 bits per heavy atom. The molecule has 0 aliphatic carbocycles. The molecule has 4 heteroatoms. The number of nitrogens with one attached hydrogen (secondary N) is 1. The molecule has 1 aliphatic rings. The number of hydrogen-bond acceptors (Lipinski definition) is 4. The fourth-order valence-electron chi connectivity index (χ4n) is 2.16. The molecule has 3 nitrogen and oxygen atoms in total. The van der Waals surface area contributed by atoms with E-state index in [1.54, 1.807) is 6.26 Å². The monoisotopic (exact) mass is 254 g/mol. The van der Waals surface area contributed by atoms with Gasteiger partial charge in [-0.2, -0.15) is 11.8 Å². The molecule has 0 spiro atoms. The summed E-state index contributed by atoms with van der Waals surface area (Å²) in [5.41, 5.74) is 0. The summed E-state index contributed by atoms with van der Waals surface area (Å²) >= 11 is 2.06. The van der Waals surface area contributed by atoms with E-state index in [1.165, 1.54) is 24.6 Å². The van der Waals surface area contributed by atoms with Crippen LogP contribution in [0.3, 0.4) is 0 Å². The van der Waals surface area contributed by atoms with Gasteiger partial charge in [-0.25, -0.2) is 0 Å². The first-order valence-electron chi connectivity index (χ1n) is 6.47. The average molecular weight is 254 g/mol. The Morgan fingerprint density at radius 2 is 2.29 bits per heavy atom. The second-order valence-electron chi connectivity index (χ2n) is 4.38. The Kier molecular flexibility index (Phi) is 5.42. The Morgan fingerprint density at radius 1 is 1.47 bits per heavy atom. The van der Waals surface area contributed by atoms with Gasteiger partial charge in [0.15, 0.2) is 0 Å². The lowest BCUT2D eigenvalue weighted by Gasteiger charge is -2.27. The molecule has 1 aromatic heterocycles. The van der Waals surface area contributed by atoms with Crippen molar-refractivity contribution in [2.45, 2.75) is 19.4 Å². The predicted octanol–water partition coefficient (Wildman–Crippen LogP) is 2.37. The van der Waals surface area contributed by atoms with E-state index in [2.05, 4.69) is 35.0 Å². The van der Waals surface area contributed by atoms with Crippen LogP contribution in [0.25, 0.3) is 0 Å². The SMILES string of the molecule is CCC(NCCN1CCSCC1)c1ccco1. The van der Waals surface area contributed by atoms with Crippen LogP contribution >= 0.6 is 11.8 Å². The lowest BCUT2D eigenvalue weighted by atomic mass is 10.2. The highest BCUT2D eigenvalue weighted by atomic mass is 32.2. The molecule has 0 bridgehead atoms. The molecule has 17 heavy (non-hydrogen) atoms. The molecule has 1 N–H and O–H groups in total. The van der Waals surface area contributed by atoms with Crippen LogP contribution in [0.2, 0.25) is 0 Å². The van der Waals surface area contributed by atoms with Crippen molar-refractivity contribution in [3.05, 3.63) is 24.2 Å². The van der Waals surface area contributed by atoms with Gasteiger partial charge in [0, 0.05) is 37.7 Å². The first-order valence-corrected chi connectivity index (χ1v) is 7.62. The van der Waals surface area contributed by atoms with Crippen molar-refractivity contribution in [1.82, 2.24) is 10.2 Å². The zero-order valence-electron chi connectivity index (χ0n) is 10.5. The van der Waals surface area contributed by atoms with Crippen molar-refractivity contribution in [1.29, 1.82) is 0 Å². The van der Waals surface area contributed by atoms with E-state index in [1.807, 2.05) is 6.07 Å². The number of rotatable bonds is 6. The highest BCUT2D eigenvalue weighted by Crippen LogP contribution is 2.16. The Bertz CT molecular complexity index is 296. The van der Waals surface area contributed by atoms with Crippen molar-refractivity contribution in [3.8, 4) is 0 Å². The fourth-order valence-corrected chi connectivity index (χ4v) is 3.14. The molecule has 2 rings (SSSR count). The van der Waals surface area contributed by atoms with Gasteiger partial charge < -0.3 is 14.6 Å². The third-order valence-electron chi connectivity index (χ3n) is 3.22. The van der Waals surface area contributed by atoms with Gasteiger partial charge in [-0.3, -0.25) is 0 Å². The molecular weight excluding hydrogens is 232 g/mol. The molecule has 0 saturated carbocycles. The van der Waals surface area contributed by atoms with Crippen molar-refractivity contribution in [2.75, 3.05) is 37.7 Å². The summed E-state index contributed by atoms with van der Waals surface area (Å²) in [6, 6.07) is 4.38. The summed E-state index contributed by atoms with van der Waals surface area (Å²) in [6.45, 7) is 6.87. The topological polar surface area (TPSA) is 28.4 Å². The zero-order chi connectivity index (χ0) is 11.9. The third kappa shape index (κ3) is 4.05. The molecule has 0 radical (unpaired) electrons. The van der Waals surface area contributed by atoms with Crippen LogP contribution in [0.1, 0.15) is 25.1 Å². The van der Waals surface area contributed by atoms with Gasteiger partial charge in [-0.1, -0.05) is 6.92 Å². The normalized spacial score (nSPS) is 19.4. The fraction of sp³-hybridized carbons (Fsp3) is 0.692. The highest BCUT2D eigenvalue weighted by molar-refractivity contribution is 7.99. The Labute approximate surface area is 108 Å². The van der Waals surface area contributed by atoms with E-state index in [0.29, 0.717) is 6.04 Å². The van der Waals surface area contributed by atoms with Gasteiger partial charge >= 0.3 is 0 Å². The van der Waals surface area contributed by atoms with Gasteiger partial charge in [-0.05, 0) is 18.6 Å². The molecule has 1 aliphatic heterocycles. The van der Waals surface area contributed by atoms with Crippen LogP contribution in [0, 0.1) is 0 Å². The smallest absolute Gasteiger partial charge is 0.120 e. The van der Waals surface area contributed by atoms with Crippen LogP contribution < -0.4 is 5.32 Å². The van der Waals surface area contributed by atoms with Crippen molar-refractivity contribution >= 4 is 11.8 Å². The first kappa shape index (κ1) is 13.0. The van der Waals surface area contributed by atoms with Crippen LogP contribution in [-0.2, 0) is 0 Å². The average Bonchev–Trinajstić information content (AvgIpc) is 2.90. The Balaban J connectivity index is 1.69. The van der Waals surface area contributed by atoms with Crippen molar-refractivity contribution in [3.63, 3.8) is 0 Å². The molecule has 1 saturated heterocycles. The van der Waals surface area contributed by atoms with Crippen molar-refractivity contribution < 1.29 is 4.42 Å². The summed E-state index contributed by atoms with van der Waals surface area (Å²) in [5, 5.41) is 3.58. The molecule has 1 fully saturated rings. The van der Waals surface area contributed by atoms with Crippen LogP contribution in [0.4, 0.5) is 0 Å². The maximum absolute atomic E-state index is 5.45. The summed E-state index contributed by atoms with van der Waals surface area (Å²) in [5.74, 6) is 3.63. The summed E-state index contributed by atoms with van der Waals surface area (Å²) in [7, 11) is 0. The molecule has 0 amide bonds. The van der Waals surface area contributed by atoms with Gasteiger partial charge in [0.25, 0.3) is 0 Å². The number of nitrogens with zero attached hydrogens (tertiary/aromatic N) is 1. The highest BCUT2D eigenvalue weighted by Gasteiger charge is 2.13. The second-order valence-corrected chi connectivity index (χ2v) is 5.61. The number of hydrogen-bond donors (Lipinski definition) is 1. The number of furan rings is 1. The van der Waals surface area contributed by atoms with E-state index in [9.17, 15) is 0 Å². The molecule has 0 aromatic carbocycles. The second kappa shape index (κ2) is 7.09. The summed E-state index contributed by atoms with van der Waals surface area (Å²) in [6.07, 6.45) is 2.82. The van der Waals surface area contributed by atoms with Crippen LogP contribution in [-0.4, -0.2) is 42.6 Å². The molecule has 2 heterocycles. The Hall–Kier alpha value is -0.450. The van der Waals surface area contributed by atoms with Gasteiger partial charge in [0.2, 0.25) is 0 Å². The van der Waals surface area contributed by atoms with Crippen molar-refractivity contribution in [2.24, 2.45) is 0 Å². The lowest BCUT2D eigenvalue weighted by molar-refractivity contribution is 0.289. The quantitative estimate of drug-likeness (QED) is 0.843. The predicted molar refractivity (Wildman–Crippen MR) is 73.5 cm³/mol. The molecule has 1 unspecified atom stereocenters. The van der Waals surface area contributed by atoms with E-state index >= 15 is 0 Å². The largest absolute Gasteiger partial charge is 0.468 e. The van der Waals surface area contributed by atoms with E-state index < -0.39 is 0 Å². The third-order valence-corrected chi connectivity index (χ3v) is 4.16. The van der Waals surface area contributed by atoms with Gasteiger partial charge in [0.1, 0.15) is 5.76 Å². The molecular formula is C13H22N2OS. The maximum atomic E-state index is 5.45. The minimum absolute atomic E-state index is 0.365.